The number of thiazole rings is 1. The Bertz CT molecular complexity index is 1400. The van der Waals surface area contributed by atoms with E-state index >= 15 is 0 Å². The maximum atomic E-state index is 13.6. The van der Waals surface area contributed by atoms with Crippen molar-refractivity contribution in [2.45, 2.75) is 38.1 Å². The van der Waals surface area contributed by atoms with Gasteiger partial charge in [-0.05, 0) is 61.0 Å². The minimum absolute atomic E-state index is 0.166. The van der Waals surface area contributed by atoms with Crippen LogP contribution in [0.5, 0.6) is 0 Å². The van der Waals surface area contributed by atoms with Crippen LogP contribution in [-0.2, 0) is 16.6 Å². The molecule has 0 atom stereocenters. The lowest BCUT2D eigenvalue weighted by Gasteiger charge is -2.21. The molecule has 1 amide bonds. The van der Waals surface area contributed by atoms with Gasteiger partial charge in [-0.25, -0.2) is 13.4 Å². The van der Waals surface area contributed by atoms with Gasteiger partial charge in [0, 0.05) is 23.7 Å². The average Bonchev–Trinajstić information content (AvgIpc) is 3.52. The van der Waals surface area contributed by atoms with Crippen LogP contribution in [0.4, 0.5) is 5.13 Å². The highest BCUT2D eigenvalue weighted by Crippen LogP contribution is 2.32. The van der Waals surface area contributed by atoms with Crippen molar-refractivity contribution in [3.05, 3.63) is 77.2 Å². The minimum atomic E-state index is -3.63. The Morgan fingerprint density at radius 2 is 1.89 bits per heavy atom. The topological polar surface area (TPSA) is 83.7 Å². The van der Waals surface area contributed by atoms with E-state index in [0.717, 1.165) is 23.1 Å². The number of aromatic nitrogens is 1. The van der Waals surface area contributed by atoms with Gasteiger partial charge in [0.2, 0.25) is 10.0 Å². The lowest BCUT2D eigenvalue weighted by molar-refractivity contribution is 0.0983. The van der Waals surface area contributed by atoms with Crippen molar-refractivity contribution in [2.75, 3.05) is 18.0 Å². The van der Waals surface area contributed by atoms with E-state index in [9.17, 15) is 13.2 Å². The molecule has 0 saturated carbocycles. The first-order valence-electron chi connectivity index (χ1n) is 11.3. The van der Waals surface area contributed by atoms with E-state index in [1.54, 1.807) is 36.6 Å². The van der Waals surface area contributed by atoms with Crippen LogP contribution in [0.3, 0.4) is 0 Å². The molecular formula is C25H26ClN3O4S2. The number of furan rings is 1. The summed E-state index contributed by atoms with van der Waals surface area (Å²) in [6, 6.07) is 15.0. The van der Waals surface area contributed by atoms with E-state index in [4.69, 9.17) is 16.0 Å². The standard InChI is InChI=1S/C25H26ClN3O4S2/c1-3-5-14-28(4-2)35(31,32)21-11-8-18(9-12-21)24(30)29(17-20-7-6-15-33-20)25-27-22-13-10-19(26)16-23(22)34-25/h6-13,15-16H,3-5,14,17H2,1-2H3. The van der Waals surface area contributed by atoms with E-state index in [-0.39, 0.29) is 17.3 Å². The molecule has 0 N–H and O–H groups in total. The molecule has 2 heterocycles. The van der Waals surface area contributed by atoms with Crippen molar-refractivity contribution >= 4 is 54.2 Å². The van der Waals surface area contributed by atoms with Crippen molar-refractivity contribution in [2.24, 2.45) is 0 Å². The summed E-state index contributed by atoms with van der Waals surface area (Å²) in [5, 5.41) is 1.09. The van der Waals surface area contributed by atoms with Gasteiger partial charge in [0.25, 0.3) is 5.91 Å². The van der Waals surface area contributed by atoms with Gasteiger partial charge in [0.1, 0.15) is 5.76 Å². The van der Waals surface area contributed by atoms with Crippen LogP contribution >= 0.6 is 22.9 Å². The third-order valence-electron chi connectivity index (χ3n) is 5.56. The average molecular weight is 532 g/mol. The SMILES string of the molecule is CCCCN(CC)S(=O)(=O)c1ccc(C(=O)N(Cc2ccco2)c2nc3ccc(Cl)cc3s2)cc1. The van der Waals surface area contributed by atoms with Crippen LogP contribution in [0.15, 0.2) is 70.2 Å². The van der Waals surface area contributed by atoms with Crippen LogP contribution < -0.4 is 4.90 Å². The maximum absolute atomic E-state index is 13.6. The Morgan fingerprint density at radius 3 is 2.54 bits per heavy atom. The lowest BCUT2D eigenvalue weighted by atomic mass is 10.2. The van der Waals surface area contributed by atoms with Crippen molar-refractivity contribution in [3.63, 3.8) is 0 Å². The summed E-state index contributed by atoms with van der Waals surface area (Å²) in [4.78, 5) is 19.9. The Hall–Kier alpha value is -2.72. The monoisotopic (exact) mass is 531 g/mol. The zero-order valence-electron chi connectivity index (χ0n) is 19.5. The molecule has 0 aliphatic heterocycles. The number of sulfonamides is 1. The van der Waals surface area contributed by atoms with E-state index in [2.05, 4.69) is 4.98 Å². The highest BCUT2D eigenvalue weighted by molar-refractivity contribution is 7.89. The number of nitrogens with zero attached hydrogens (tertiary/aromatic N) is 3. The Labute approximate surface area is 214 Å². The molecule has 0 bridgehead atoms. The Kier molecular flexibility index (Phi) is 7.91. The molecule has 4 aromatic rings. The second-order valence-electron chi connectivity index (χ2n) is 7.95. The summed E-state index contributed by atoms with van der Waals surface area (Å²) >= 11 is 7.48. The summed E-state index contributed by atoms with van der Waals surface area (Å²) in [6.45, 7) is 4.88. The van der Waals surface area contributed by atoms with Gasteiger partial charge in [-0.1, -0.05) is 43.2 Å². The molecule has 10 heteroatoms. The number of rotatable bonds is 10. The Balaban J connectivity index is 1.65. The van der Waals surface area contributed by atoms with Crippen molar-refractivity contribution in [3.8, 4) is 0 Å². The minimum Gasteiger partial charge on any atom is -0.467 e. The third kappa shape index (κ3) is 5.59. The highest BCUT2D eigenvalue weighted by atomic mass is 35.5. The van der Waals surface area contributed by atoms with E-state index in [1.165, 1.54) is 32.7 Å². The van der Waals surface area contributed by atoms with Crippen LogP contribution in [0.1, 0.15) is 42.8 Å². The molecule has 4 rings (SSSR count). The van der Waals surface area contributed by atoms with Crippen LogP contribution in [0, 0.1) is 0 Å². The van der Waals surface area contributed by atoms with Crippen molar-refractivity contribution < 1.29 is 17.6 Å². The molecule has 0 aliphatic carbocycles. The third-order valence-corrected chi connectivity index (χ3v) is 8.83. The summed E-state index contributed by atoms with van der Waals surface area (Å²) in [7, 11) is -3.63. The summed E-state index contributed by atoms with van der Waals surface area (Å²) in [6.07, 6.45) is 3.25. The second-order valence-corrected chi connectivity index (χ2v) is 11.3. The highest BCUT2D eigenvalue weighted by Gasteiger charge is 2.25. The summed E-state index contributed by atoms with van der Waals surface area (Å²) in [5.74, 6) is 0.290. The first-order valence-corrected chi connectivity index (χ1v) is 14.0. The molecule has 184 valence electrons. The number of carbonyl (C=O) groups excluding carboxylic acids is 1. The molecule has 0 radical (unpaired) electrons. The number of hydrogen-bond acceptors (Lipinski definition) is 6. The maximum Gasteiger partial charge on any atom is 0.260 e. The van der Waals surface area contributed by atoms with Crippen LogP contribution in [0.2, 0.25) is 5.02 Å². The quantitative estimate of drug-likeness (QED) is 0.243. The molecule has 2 aromatic carbocycles. The number of amides is 1. The van der Waals surface area contributed by atoms with E-state index in [1.807, 2.05) is 26.0 Å². The van der Waals surface area contributed by atoms with Crippen LogP contribution in [0.25, 0.3) is 10.2 Å². The first kappa shape index (κ1) is 25.4. The smallest absolute Gasteiger partial charge is 0.260 e. The number of halogens is 1. The van der Waals surface area contributed by atoms with Gasteiger partial charge in [-0.15, -0.1) is 0 Å². The fourth-order valence-corrected chi connectivity index (χ4v) is 6.37. The number of anilines is 1. The first-order chi connectivity index (χ1) is 16.8. The van der Waals surface area contributed by atoms with Gasteiger partial charge >= 0.3 is 0 Å². The van der Waals surface area contributed by atoms with Crippen molar-refractivity contribution in [1.82, 2.24) is 9.29 Å². The van der Waals surface area contributed by atoms with Crippen LogP contribution in [-0.4, -0.2) is 36.7 Å². The van der Waals surface area contributed by atoms with Gasteiger partial charge in [0.15, 0.2) is 5.13 Å². The molecule has 0 spiro atoms. The molecule has 35 heavy (non-hydrogen) atoms. The lowest BCUT2D eigenvalue weighted by Crippen LogP contribution is -2.32. The fourth-order valence-electron chi connectivity index (χ4n) is 3.64. The van der Waals surface area contributed by atoms with Gasteiger partial charge in [-0.3, -0.25) is 9.69 Å². The van der Waals surface area contributed by atoms with Gasteiger partial charge in [0.05, 0.1) is 27.9 Å². The van der Waals surface area contributed by atoms with E-state index < -0.39 is 10.0 Å². The largest absolute Gasteiger partial charge is 0.467 e. The normalized spacial score (nSPS) is 11.9. The zero-order valence-corrected chi connectivity index (χ0v) is 21.9. The second kappa shape index (κ2) is 10.9. The summed E-state index contributed by atoms with van der Waals surface area (Å²) in [5.41, 5.74) is 1.09. The summed E-state index contributed by atoms with van der Waals surface area (Å²) < 4.78 is 33.9. The number of benzene rings is 2. The van der Waals surface area contributed by atoms with Gasteiger partial charge in [-0.2, -0.15) is 4.31 Å². The predicted molar refractivity (Wildman–Crippen MR) is 140 cm³/mol. The predicted octanol–water partition coefficient (Wildman–Crippen LogP) is 6.20. The zero-order chi connectivity index (χ0) is 25.0. The fraction of sp³-hybridized carbons (Fsp3) is 0.280. The molecular weight excluding hydrogens is 506 g/mol. The number of carbonyl (C=O) groups is 1. The molecule has 0 saturated heterocycles. The van der Waals surface area contributed by atoms with Gasteiger partial charge < -0.3 is 4.42 Å². The molecule has 0 fully saturated rings. The van der Waals surface area contributed by atoms with E-state index in [0.29, 0.717) is 34.6 Å². The molecule has 0 unspecified atom stereocenters. The number of unbranched alkanes of at least 4 members (excludes halogenated alkanes) is 1. The Morgan fingerprint density at radius 1 is 1.11 bits per heavy atom. The number of fused-ring (bicyclic) bond motifs is 1. The molecule has 0 aliphatic rings. The molecule has 7 nitrogen and oxygen atoms in total. The molecule has 2 aromatic heterocycles. The number of hydrogen-bond donors (Lipinski definition) is 0. The van der Waals surface area contributed by atoms with Crippen molar-refractivity contribution in [1.29, 1.82) is 0 Å².